The molecule has 1 amide bonds. The first kappa shape index (κ1) is 19.6. The van der Waals surface area contributed by atoms with E-state index in [0.29, 0.717) is 19.4 Å². The predicted octanol–water partition coefficient (Wildman–Crippen LogP) is 3.27. The van der Waals surface area contributed by atoms with Gasteiger partial charge in [0.05, 0.1) is 16.9 Å². The Labute approximate surface area is 161 Å². The number of aryl methyl sites for hydroxylation is 1. The predicted molar refractivity (Wildman–Crippen MR) is 106 cm³/mol. The van der Waals surface area contributed by atoms with E-state index in [0.717, 1.165) is 11.1 Å². The number of rotatable bonds is 5. The quantitative estimate of drug-likeness (QED) is 0.858. The van der Waals surface area contributed by atoms with Crippen molar-refractivity contribution in [3.8, 4) is 0 Å². The highest BCUT2D eigenvalue weighted by Gasteiger charge is 2.33. The fourth-order valence-corrected chi connectivity index (χ4v) is 4.91. The van der Waals surface area contributed by atoms with Crippen LogP contribution in [0.5, 0.6) is 0 Å². The van der Waals surface area contributed by atoms with Gasteiger partial charge >= 0.3 is 0 Å². The summed E-state index contributed by atoms with van der Waals surface area (Å²) >= 11 is 0. The largest absolute Gasteiger partial charge is 0.349 e. The molecule has 5 nitrogen and oxygen atoms in total. The van der Waals surface area contributed by atoms with Crippen LogP contribution < -0.4 is 5.32 Å². The van der Waals surface area contributed by atoms with Gasteiger partial charge in [0.2, 0.25) is 15.9 Å². The van der Waals surface area contributed by atoms with Crippen LogP contribution in [0.2, 0.25) is 0 Å². The van der Waals surface area contributed by atoms with Crippen LogP contribution in [0.3, 0.4) is 0 Å². The van der Waals surface area contributed by atoms with Crippen molar-refractivity contribution in [2.24, 2.45) is 5.92 Å². The molecule has 1 saturated heterocycles. The zero-order valence-electron chi connectivity index (χ0n) is 15.8. The van der Waals surface area contributed by atoms with Gasteiger partial charge in [-0.3, -0.25) is 4.79 Å². The molecular weight excluding hydrogens is 360 g/mol. The van der Waals surface area contributed by atoms with E-state index in [4.69, 9.17) is 0 Å². The summed E-state index contributed by atoms with van der Waals surface area (Å²) in [5, 5.41) is 3.02. The second-order valence-electron chi connectivity index (χ2n) is 7.16. The lowest BCUT2D eigenvalue weighted by atomic mass is 9.98. The molecule has 1 aliphatic rings. The first-order valence-corrected chi connectivity index (χ1v) is 10.7. The molecule has 2 aromatic carbocycles. The minimum absolute atomic E-state index is 0.0878. The molecule has 1 aliphatic heterocycles. The van der Waals surface area contributed by atoms with Crippen molar-refractivity contribution in [3.63, 3.8) is 0 Å². The third-order valence-electron chi connectivity index (χ3n) is 5.07. The van der Waals surface area contributed by atoms with Crippen molar-refractivity contribution >= 4 is 15.9 Å². The normalized spacial score (nSPS) is 19.4. The molecule has 1 heterocycles. The van der Waals surface area contributed by atoms with Gasteiger partial charge < -0.3 is 5.32 Å². The summed E-state index contributed by atoms with van der Waals surface area (Å²) in [5.74, 6) is -0.416. The minimum atomic E-state index is -3.57. The number of hydrogen-bond donors (Lipinski definition) is 1. The number of nitrogens with one attached hydrogen (secondary N) is 1. The highest BCUT2D eigenvalue weighted by atomic mass is 32.2. The number of nitrogens with zero attached hydrogens (tertiary/aromatic N) is 1. The summed E-state index contributed by atoms with van der Waals surface area (Å²) in [4.78, 5) is 13.0. The van der Waals surface area contributed by atoms with Crippen molar-refractivity contribution in [3.05, 3.63) is 65.7 Å². The van der Waals surface area contributed by atoms with Gasteiger partial charge in [-0.25, -0.2) is 8.42 Å². The van der Waals surface area contributed by atoms with Crippen LogP contribution in [0, 0.1) is 12.8 Å². The van der Waals surface area contributed by atoms with Crippen molar-refractivity contribution in [2.75, 3.05) is 13.1 Å². The number of sulfonamides is 1. The summed E-state index contributed by atoms with van der Waals surface area (Å²) < 4.78 is 27.3. The van der Waals surface area contributed by atoms with Gasteiger partial charge in [-0.2, -0.15) is 4.31 Å². The number of piperidine rings is 1. The van der Waals surface area contributed by atoms with Crippen LogP contribution >= 0.6 is 0 Å². The maximum Gasteiger partial charge on any atom is 0.243 e. The molecule has 2 atom stereocenters. The van der Waals surface area contributed by atoms with Crippen LogP contribution in [-0.4, -0.2) is 31.7 Å². The highest BCUT2D eigenvalue weighted by Crippen LogP contribution is 2.25. The lowest BCUT2D eigenvalue weighted by molar-refractivity contribution is -0.126. The first-order valence-electron chi connectivity index (χ1n) is 9.30. The molecule has 144 valence electrons. The average molecular weight is 387 g/mol. The molecule has 0 aliphatic carbocycles. The zero-order valence-corrected chi connectivity index (χ0v) is 16.6. The second kappa shape index (κ2) is 8.23. The topological polar surface area (TPSA) is 66.5 Å². The fraction of sp³-hybridized carbons (Fsp3) is 0.381. The second-order valence-corrected chi connectivity index (χ2v) is 9.09. The van der Waals surface area contributed by atoms with E-state index in [1.165, 1.54) is 4.31 Å². The Morgan fingerprint density at radius 1 is 1.11 bits per heavy atom. The minimum Gasteiger partial charge on any atom is -0.349 e. The van der Waals surface area contributed by atoms with E-state index in [1.54, 1.807) is 24.3 Å². The Hall–Kier alpha value is -2.18. The molecule has 0 spiro atoms. The monoisotopic (exact) mass is 386 g/mol. The third kappa shape index (κ3) is 4.57. The van der Waals surface area contributed by atoms with E-state index in [9.17, 15) is 13.2 Å². The Kier molecular flexibility index (Phi) is 5.97. The SMILES string of the molecule is Cc1ccc(S(=O)(=O)N2CCC[C@H](C(=O)N[C@H](C)c3ccccc3)C2)cc1. The molecule has 3 rings (SSSR count). The molecule has 0 saturated carbocycles. The van der Waals surface area contributed by atoms with Crippen LogP contribution in [0.15, 0.2) is 59.5 Å². The smallest absolute Gasteiger partial charge is 0.243 e. The van der Waals surface area contributed by atoms with Crippen LogP contribution in [0.25, 0.3) is 0 Å². The molecule has 27 heavy (non-hydrogen) atoms. The highest BCUT2D eigenvalue weighted by molar-refractivity contribution is 7.89. The van der Waals surface area contributed by atoms with E-state index in [-0.39, 0.29) is 29.3 Å². The fourth-order valence-electron chi connectivity index (χ4n) is 3.39. The number of carbonyl (C=O) groups is 1. The molecule has 1 N–H and O–H groups in total. The lowest BCUT2D eigenvalue weighted by Gasteiger charge is -2.32. The summed E-state index contributed by atoms with van der Waals surface area (Å²) in [6, 6.07) is 16.5. The summed E-state index contributed by atoms with van der Waals surface area (Å²) in [7, 11) is -3.57. The Bertz CT molecular complexity index is 879. The number of hydrogen-bond acceptors (Lipinski definition) is 3. The summed E-state index contributed by atoms with van der Waals surface area (Å²) in [5.41, 5.74) is 2.05. The molecule has 2 aromatic rings. The zero-order chi connectivity index (χ0) is 19.4. The van der Waals surface area contributed by atoms with E-state index in [2.05, 4.69) is 5.32 Å². The average Bonchev–Trinajstić information content (AvgIpc) is 2.69. The molecule has 6 heteroatoms. The number of carbonyl (C=O) groups excluding carboxylic acids is 1. The van der Waals surface area contributed by atoms with Crippen molar-refractivity contribution < 1.29 is 13.2 Å². The van der Waals surface area contributed by atoms with Crippen LogP contribution in [0.1, 0.15) is 36.9 Å². The van der Waals surface area contributed by atoms with Crippen molar-refractivity contribution in [1.29, 1.82) is 0 Å². The van der Waals surface area contributed by atoms with Gasteiger partial charge in [0, 0.05) is 13.1 Å². The maximum absolute atomic E-state index is 12.9. The Balaban J connectivity index is 1.68. The van der Waals surface area contributed by atoms with Crippen molar-refractivity contribution in [2.45, 2.75) is 37.6 Å². The van der Waals surface area contributed by atoms with Gasteiger partial charge in [-0.1, -0.05) is 48.0 Å². The van der Waals surface area contributed by atoms with Gasteiger partial charge in [-0.15, -0.1) is 0 Å². The molecule has 0 bridgehead atoms. The lowest BCUT2D eigenvalue weighted by Crippen LogP contribution is -2.45. The summed E-state index contributed by atoms with van der Waals surface area (Å²) in [6.45, 7) is 4.54. The maximum atomic E-state index is 12.9. The van der Waals surface area contributed by atoms with E-state index < -0.39 is 10.0 Å². The number of benzene rings is 2. The van der Waals surface area contributed by atoms with Gasteiger partial charge in [0.1, 0.15) is 0 Å². The van der Waals surface area contributed by atoms with Gasteiger partial charge in [-0.05, 0) is 44.4 Å². The molecule has 0 unspecified atom stereocenters. The van der Waals surface area contributed by atoms with Crippen LogP contribution in [-0.2, 0) is 14.8 Å². The van der Waals surface area contributed by atoms with Crippen LogP contribution in [0.4, 0.5) is 0 Å². The Morgan fingerprint density at radius 2 is 1.78 bits per heavy atom. The van der Waals surface area contributed by atoms with E-state index in [1.807, 2.05) is 44.2 Å². The van der Waals surface area contributed by atoms with Gasteiger partial charge in [0.25, 0.3) is 0 Å². The standard InChI is InChI=1S/C21H26N2O3S/c1-16-10-12-20(13-11-16)27(25,26)23-14-6-9-19(15-23)21(24)22-17(2)18-7-4-3-5-8-18/h3-5,7-8,10-13,17,19H,6,9,14-15H2,1-2H3,(H,22,24)/t17-,19+/m1/s1. The third-order valence-corrected chi connectivity index (χ3v) is 6.95. The summed E-state index contributed by atoms with van der Waals surface area (Å²) in [6.07, 6.45) is 1.39. The van der Waals surface area contributed by atoms with E-state index >= 15 is 0 Å². The van der Waals surface area contributed by atoms with Crippen molar-refractivity contribution in [1.82, 2.24) is 9.62 Å². The molecule has 1 fully saturated rings. The number of amides is 1. The first-order chi connectivity index (χ1) is 12.9. The Morgan fingerprint density at radius 3 is 2.44 bits per heavy atom. The van der Waals surface area contributed by atoms with Gasteiger partial charge in [0.15, 0.2) is 0 Å². The molecule has 0 radical (unpaired) electrons. The molecular formula is C21H26N2O3S. The molecule has 0 aromatic heterocycles.